The topological polar surface area (TPSA) is 89.1 Å². The molecular weight excluding hydrogens is 412 g/mol. The summed E-state index contributed by atoms with van der Waals surface area (Å²) in [5.74, 6) is 0.519. The summed E-state index contributed by atoms with van der Waals surface area (Å²) in [6.07, 6.45) is 8.18. The first-order valence-electron chi connectivity index (χ1n) is 10.5. The van der Waals surface area contributed by atoms with Gasteiger partial charge in [-0.1, -0.05) is 35.9 Å². The van der Waals surface area contributed by atoms with Gasteiger partial charge < -0.3 is 16.0 Å². The lowest BCUT2D eigenvalue weighted by Crippen LogP contribution is -2.44. The minimum absolute atomic E-state index is 0.193. The number of aromatic nitrogens is 3. The van der Waals surface area contributed by atoms with Crippen LogP contribution in [0.25, 0.3) is 22.3 Å². The van der Waals surface area contributed by atoms with E-state index in [1.54, 1.807) is 10.9 Å². The number of nitrogens with zero attached hydrogens (tertiary/aromatic N) is 4. The summed E-state index contributed by atoms with van der Waals surface area (Å²) in [6.45, 7) is 2.30. The van der Waals surface area contributed by atoms with Gasteiger partial charge in [0.15, 0.2) is 0 Å². The number of rotatable bonds is 3. The molecule has 2 fully saturated rings. The Bertz CT molecular complexity index is 1130. The van der Waals surface area contributed by atoms with Crippen molar-refractivity contribution in [1.82, 2.24) is 20.1 Å². The summed E-state index contributed by atoms with van der Waals surface area (Å²) < 4.78 is 1.79. The van der Waals surface area contributed by atoms with Crippen molar-refractivity contribution >= 4 is 29.0 Å². The van der Waals surface area contributed by atoms with Crippen LogP contribution in [0.1, 0.15) is 19.3 Å². The van der Waals surface area contributed by atoms with E-state index >= 15 is 0 Å². The monoisotopic (exact) mass is 436 g/mol. The molecule has 31 heavy (non-hydrogen) atoms. The second-order valence-electron chi connectivity index (χ2n) is 8.47. The lowest BCUT2D eigenvalue weighted by Gasteiger charge is -2.39. The van der Waals surface area contributed by atoms with Crippen molar-refractivity contribution in [2.75, 3.05) is 30.3 Å². The second-order valence-corrected chi connectivity index (χ2v) is 8.85. The highest BCUT2D eigenvalue weighted by Gasteiger charge is 2.44. The van der Waals surface area contributed by atoms with E-state index in [0.717, 1.165) is 66.8 Å². The fraction of sp³-hybridized carbons (Fsp3) is 0.348. The van der Waals surface area contributed by atoms with Crippen LogP contribution in [0.5, 0.6) is 0 Å². The largest absolute Gasteiger partial charge is 0.382 e. The number of anilines is 2. The van der Waals surface area contributed by atoms with Gasteiger partial charge in [-0.15, -0.1) is 0 Å². The van der Waals surface area contributed by atoms with Crippen LogP contribution in [0.15, 0.2) is 42.9 Å². The number of benzene rings is 1. The van der Waals surface area contributed by atoms with Crippen LogP contribution >= 0.6 is 11.6 Å². The fourth-order valence-electron chi connectivity index (χ4n) is 4.78. The first-order chi connectivity index (χ1) is 15.0. The quantitative estimate of drug-likeness (QED) is 0.656. The maximum absolute atomic E-state index is 12.4. The molecule has 7 nitrogen and oxygen atoms in total. The molecule has 3 N–H and O–H groups in total. The van der Waals surface area contributed by atoms with E-state index in [0.29, 0.717) is 10.8 Å². The number of carbonyl (C=O) groups is 1. The van der Waals surface area contributed by atoms with Gasteiger partial charge in [0.2, 0.25) is 5.91 Å². The number of amides is 1. The van der Waals surface area contributed by atoms with E-state index in [1.807, 2.05) is 19.4 Å². The first kappa shape index (κ1) is 19.9. The van der Waals surface area contributed by atoms with Gasteiger partial charge in [-0.3, -0.25) is 9.48 Å². The molecule has 3 aromatic rings. The smallest absolute Gasteiger partial charge is 0.226 e. The fourth-order valence-corrected chi connectivity index (χ4v) is 5.05. The zero-order chi connectivity index (χ0) is 21.6. The molecule has 1 spiro atoms. The third-order valence-electron chi connectivity index (χ3n) is 6.66. The van der Waals surface area contributed by atoms with Crippen LogP contribution in [0.4, 0.5) is 11.5 Å². The predicted octanol–water partition coefficient (Wildman–Crippen LogP) is 3.49. The molecule has 2 saturated heterocycles. The third kappa shape index (κ3) is 3.43. The van der Waals surface area contributed by atoms with E-state index < -0.39 is 0 Å². The van der Waals surface area contributed by atoms with Crippen LogP contribution in [-0.4, -0.2) is 40.3 Å². The lowest BCUT2D eigenvalue weighted by atomic mass is 9.77. The van der Waals surface area contributed by atoms with Crippen LogP contribution in [0, 0.1) is 5.41 Å². The number of nitrogen functional groups attached to an aromatic ring is 1. The number of aryl methyl sites for hydroxylation is 1. The molecule has 2 aromatic heterocycles. The summed E-state index contributed by atoms with van der Waals surface area (Å²) in [7, 11) is 1.91. The number of carbonyl (C=O) groups excluding carboxylic acids is 1. The molecule has 1 amide bonds. The van der Waals surface area contributed by atoms with Crippen molar-refractivity contribution in [3.05, 3.63) is 47.9 Å². The van der Waals surface area contributed by atoms with Crippen molar-refractivity contribution in [1.29, 1.82) is 0 Å². The van der Waals surface area contributed by atoms with Crippen LogP contribution in [-0.2, 0) is 11.8 Å². The van der Waals surface area contributed by atoms with Gasteiger partial charge in [-0.05, 0) is 30.4 Å². The standard InChI is InChI=1S/C23H25ClN6O/c1-29-14-17(12-28-29)15-2-4-16(5-3-15)18-13-27-21(25)19(24)20(18)30-10-7-23(8-11-30)6-9-26-22(23)31/h2-5,12-14H,6-11H2,1H3,(H2,25,27)(H,26,31). The highest BCUT2D eigenvalue weighted by atomic mass is 35.5. The molecule has 8 heteroatoms. The number of pyridine rings is 1. The average Bonchev–Trinajstić information content (AvgIpc) is 3.37. The Morgan fingerprint density at radius 1 is 1.06 bits per heavy atom. The number of nitrogens with two attached hydrogens (primary N) is 1. The lowest BCUT2D eigenvalue weighted by molar-refractivity contribution is -0.128. The Hall–Kier alpha value is -3.06. The van der Waals surface area contributed by atoms with Crippen LogP contribution in [0.3, 0.4) is 0 Å². The summed E-state index contributed by atoms with van der Waals surface area (Å²) in [5, 5.41) is 7.71. The molecule has 0 saturated carbocycles. The number of halogens is 1. The van der Waals surface area contributed by atoms with Crippen molar-refractivity contribution in [3.63, 3.8) is 0 Å². The van der Waals surface area contributed by atoms with Gasteiger partial charge in [-0.25, -0.2) is 4.98 Å². The highest BCUT2D eigenvalue weighted by Crippen LogP contribution is 2.44. The van der Waals surface area contributed by atoms with Crippen molar-refractivity contribution < 1.29 is 4.79 Å². The predicted molar refractivity (Wildman–Crippen MR) is 123 cm³/mol. The normalized spacial score (nSPS) is 17.9. The number of piperidine rings is 1. The third-order valence-corrected chi connectivity index (χ3v) is 7.03. The highest BCUT2D eigenvalue weighted by molar-refractivity contribution is 6.36. The molecular formula is C23H25ClN6O. The minimum Gasteiger partial charge on any atom is -0.382 e. The van der Waals surface area contributed by atoms with E-state index in [4.69, 9.17) is 17.3 Å². The van der Waals surface area contributed by atoms with E-state index in [9.17, 15) is 4.79 Å². The zero-order valence-corrected chi connectivity index (χ0v) is 18.2. The minimum atomic E-state index is -0.229. The maximum Gasteiger partial charge on any atom is 0.226 e. The van der Waals surface area contributed by atoms with Gasteiger partial charge >= 0.3 is 0 Å². The Kier molecular flexibility index (Phi) is 4.85. The Morgan fingerprint density at radius 3 is 2.39 bits per heavy atom. The SMILES string of the molecule is Cn1cc(-c2ccc(-c3cnc(N)c(Cl)c3N3CCC4(CCNC4=O)CC3)cc2)cn1. The second kappa shape index (κ2) is 7.57. The molecule has 1 aromatic carbocycles. The van der Waals surface area contributed by atoms with Gasteiger partial charge in [0.25, 0.3) is 0 Å². The summed E-state index contributed by atoms with van der Waals surface area (Å²) in [5.41, 5.74) is 10.9. The summed E-state index contributed by atoms with van der Waals surface area (Å²) in [6, 6.07) is 8.30. The molecule has 2 aliphatic heterocycles. The number of hydrogen-bond acceptors (Lipinski definition) is 5. The Balaban J connectivity index is 1.47. The molecule has 5 rings (SSSR count). The van der Waals surface area contributed by atoms with Crippen molar-refractivity contribution in [2.45, 2.75) is 19.3 Å². The molecule has 2 aliphatic rings. The first-order valence-corrected chi connectivity index (χ1v) is 10.9. The number of hydrogen-bond donors (Lipinski definition) is 2. The van der Waals surface area contributed by atoms with E-state index in [2.05, 4.69) is 44.6 Å². The van der Waals surface area contributed by atoms with Gasteiger partial charge in [0.1, 0.15) is 10.8 Å². The van der Waals surface area contributed by atoms with E-state index in [-0.39, 0.29) is 11.3 Å². The molecule has 0 atom stereocenters. The molecule has 0 aliphatic carbocycles. The zero-order valence-electron chi connectivity index (χ0n) is 17.4. The van der Waals surface area contributed by atoms with Crippen LogP contribution in [0.2, 0.25) is 5.02 Å². The van der Waals surface area contributed by atoms with Gasteiger partial charge in [0.05, 0.1) is 17.3 Å². The van der Waals surface area contributed by atoms with E-state index in [1.165, 1.54) is 0 Å². The molecule has 0 bridgehead atoms. The maximum atomic E-state index is 12.4. The van der Waals surface area contributed by atoms with Gasteiger partial charge in [0, 0.05) is 50.2 Å². The molecule has 0 radical (unpaired) electrons. The summed E-state index contributed by atoms with van der Waals surface area (Å²) in [4.78, 5) is 18.9. The van der Waals surface area contributed by atoms with Gasteiger partial charge in [-0.2, -0.15) is 5.10 Å². The molecule has 0 unspecified atom stereocenters. The number of nitrogens with one attached hydrogen (secondary N) is 1. The van der Waals surface area contributed by atoms with Crippen LogP contribution < -0.4 is 16.0 Å². The van der Waals surface area contributed by atoms with Crippen molar-refractivity contribution in [3.8, 4) is 22.3 Å². The Labute approximate surface area is 186 Å². The molecule has 160 valence electrons. The molecule has 4 heterocycles. The van der Waals surface area contributed by atoms with Crippen molar-refractivity contribution in [2.24, 2.45) is 12.5 Å². The Morgan fingerprint density at radius 2 is 1.77 bits per heavy atom. The average molecular weight is 437 g/mol. The summed E-state index contributed by atoms with van der Waals surface area (Å²) >= 11 is 6.67.